The zero-order valence-electron chi connectivity index (χ0n) is 23.9. The molecule has 1 amide bonds. The van der Waals surface area contributed by atoms with Gasteiger partial charge in [-0.3, -0.25) is 4.79 Å². The van der Waals surface area contributed by atoms with Crippen molar-refractivity contribution in [3.8, 4) is 16.3 Å². The van der Waals surface area contributed by atoms with Crippen LogP contribution in [0.4, 0.5) is 5.69 Å². The lowest BCUT2D eigenvalue weighted by Gasteiger charge is -2.43. The number of aromatic nitrogens is 1. The van der Waals surface area contributed by atoms with E-state index < -0.39 is 8.32 Å². The lowest BCUT2D eigenvalue weighted by Crippen LogP contribution is -2.68. The number of benzene rings is 5. The van der Waals surface area contributed by atoms with Gasteiger partial charge in [0, 0.05) is 17.3 Å². The number of carbonyl (C=O) groups excluding carboxylic acids is 1. The highest BCUT2D eigenvalue weighted by Crippen LogP contribution is 2.43. The lowest BCUT2D eigenvalue weighted by molar-refractivity contribution is 0.102. The molecule has 42 heavy (non-hydrogen) atoms. The summed E-state index contributed by atoms with van der Waals surface area (Å²) in [5.74, 6) is 0.536. The third kappa shape index (κ3) is 5.27. The highest BCUT2D eigenvalue weighted by Gasteiger charge is 2.52. The molecule has 0 fully saturated rings. The standard InChI is InChI=1S/C36H32N2O2SSi/c1-36(2,3)42(28-17-9-5-10-18-28,29-19-11-6-12-20-29)40-32-25-27(37-34(39)26-15-7-4-8-16-26)23-24-30(32)35-38-31-21-13-14-22-33(31)41-35/h4-25H,1-3H3,(H,37,39). The molecular weight excluding hydrogens is 553 g/mol. The van der Waals surface area contributed by atoms with E-state index >= 15 is 0 Å². The average Bonchev–Trinajstić information content (AvgIpc) is 3.45. The Morgan fingerprint density at radius 2 is 1.31 bits per heavy atom. The van der Waals surface area contributed by atoms with Crippen LogP contribution in [0.25, 0.3) is 20.8 Å². The highest BCUT2D eigenvalue weighted by atomic mass is 32.1. The Morgan fingerprint density at radius 3 is 1.90 bits per heavy atom. The quantitative estimate of drug-likeness (QED) is 0.193. The zero-order valence-corrected chi connectivity index (χ0v) is 25.7. The maximum Gasteiger partial charge on any atom is 0.319 e. The van der Waals surface area contributed by atoms with Gasteiger partial charge in [0.15, 0.2) is 0 Å². The number of carbonyl (C=O) groups is 1. The molecule has 1 N–H and O–H groups in total. The second-order valence-electron chi connectivity index (χ2n) is 11.3. The van der Waals surface area contributed by atoms with Gasteiger partial charge in [0.2, 0.25) is 0 Å². The van der Waals surface area contributed by atoms with E-state index in [2.05, 4.69) is 80.7 Å². The maximum absolute atomic E-state index is 13.1. The number of amides is 1. The number of nitrogens with zero attached hydrogens (tertiary/aromatic N) is 1. The summed E-state index contributed by atoms with van der Waals surface area (Å²) in [5, 5.41) is 6.09. The number of nitrogens with one attached hydrogen (secondary N) is 1. The molecule has 6 rings (SSSR count). The second-order valence-corrected chi connectivity index (χ2v) is 16.5. The number of hydrogen-bond donors (Lipinski definition) is 1. The first-order valence-corrected chi connectivity index (χ1v) is 16.7. The molecule has 1 aromatic heterocycles. The van der Waals surface area contributed by atoms with Crippen LogP contribution in [-0.4, -0.2) is 19.2 Å². The molecule has 0 radical (unpaired) electrons. The van der Waals surface area contributed by atoms with Crippen LogP contribution < -0.4 is 20.1 Å². The predicted octanol–water partition coefficient (Wildman–Crippen LogP) is 8.15. The minimum Gasteiger partial charge on any atom is -0.533 e. The molecule has 0 saturated heterocycles. The van der Waals surface area contributed by atoms with Crippen LogP contribution in [0.15, 0.2) is 133 Å². The van der Waals surface area contributed by atoms with E-state index in [0.29, 0.717) is 17.0 Å². The van der Waals surface area contributed by atoms with E-state index in [1.807, 2.05) is 78.9 Å². The molecule has 0 aliphatic heterocycles. The molecule has 0 atom stereocenters. The van der Waals surface area contributed by atoms with Crippen molar-refractivity contribution in [2.24, 2.45) is 0 Å². The molecule has 0 spiro atoms. The van der Waals surface area contributed by atoms with E-state index in [1.165, 1.54) is 10.4 Å². The van der Waals surface area contributed by atoms with Gasteiger partial charge in [-0.05, 0) is 51.8 Å². The summed E-state index contributed by atoms with van der Waals surface area (Å²) in [5.41, 5.74) is 3.13. The molecule has 1 heterocycles. The Morgan fingerprint density at radius 1 is 0.738 bits per heavy atom. The molecule has 0 bridgehead atoms. The van der Waals surface area contributed by atoms with Crippen LogP contribution in [0.1, 0.15) is 31.1 Å². The lowest BCUT2D eigenvalue weighted by atomic mass is 10.1. The molecule has 4 nitrogen and oxygen atoms in total. The summed E-state index contributed by atoms with van der Waals surface area (Å²) in [4.78, 5) is 18.1. The van der Waals surface area contributed by atoms with Crippen LogP contribution in [0.5, 0.6) is 5.75 Å². The summed E-state index contributed by atoms with van der Waals surface area (Å²) in [7, 11) is -2.96. The monoisotopic (exact) mass is 584 g/mol. The van der Waals surface area contributed by atoms with Gasteiger partial charge in [0.1, 0.15) is 10.8 Å². The molecule has 6 heteroatoms. The van der Waals surface area contributed by atoms with Crippen molar-refractivity contribution in [3.63, 3.8) is 0 Å². The van der Waals surface area contributed by atoms with Gasteiger partial charge >= 0.3 is 8.32 Å². The normalized spacial score (nSPS) is 11.8. The first-order chi connectivity index (χ1) is 20.3. The predicted molar refractivity (Wildman–Crippen MR) is 178 cm³/mol. The Kier molecular flexibility index (Phi) is 7.50. The third-order valence-electron chi connectivity index (χ3n) is 7.48. The van der Waals surface area contributed by atoms with Crippen molar-refractivity contribution >= 4 is 51.8 Å². The van der Waals surface area contributed by atoms with Gasteiger partial charge < -0.3 is 9.74 Å². The van der Waals surface area contributed by atoms with Crippen LogP contribution >= 0.6 is 11.3 Å². The molecule has 6 aromatic rings. The van der Waals surface area contributed by atoms with Gasteiger partial charge in [0.05, 0.1) is 15.8 Å². The fourth-order valence-electron chi connectivity index (χ4n) is 5.46. The molecule has 0 unspecified atom stereocenters. The fraction of sp³-hybridized carbons (Fsp3) is 0.111. The van der Waals surface area contributed by atoms with Crippen molar-refractivity contribution in [2.45, 2.75) is 25.8 Å². The Hall–Kier alpha value is -4.52. The van der Waals surface area contributed by atoms with Gasteiger partial charge in [-0.1, -0.05) is 112 Å². The van der Waals surface area contributed by atoms with Crippen LogP contribution in [-0.2, 0) is 0 Å². The Balaban J connectivity index is 1.54. The maximum atomic E-state index is 13.1. The number of rotatable bonds is 7. The topological polar surface area (TPSA) is 51.2 Å². The van der Waals surface area contributed by atoms with Crippen molar-refractivity contribution in [1.82, 2.24) is 4.98 Å². The Labute approximate surface area is 251 Å². The van der Waals surface area contributed by atoms with E-state index in [9.17, 15) is 4.79 Å². The number of para-hydroxylation sites is 1. The van der Waals surface area contributed by atoms with Crippen LogP contribution in [0, 0.1) is 0 Å². The minimum atomic E-state index is -2.96. The summed E-state index contributed by atoms with van der Waals surface area (Å²) in [6.45, 7) is 6.78. The van der Waals surface area contributed by atoms with E-state index in [4.69, 9.17) is 9.41 Å². The molecular formula is C36H32N2O2SSi. The molecule has 0 aliphatic carbocycles. The Bertz CT molecular complexity index is 1760. The summed E-state index contributed by atoms with van der Waals surface area (Å²) < 4.78 is 8.62. The number of anilines is 1. The third-order valence-corrected chi connectivity index (χ3v) is 13.5. The van der Waals surface area contributed by atoms with Gasteiger partial charge in [-0.15, -0.1) is 11.3 Å². The first-order valence-electron chi connectivity index (χ1n) is 14.0. The van der Waals surface area contributed by atoms with E-state index in [0.717, 1.165) is 20.8 Å². The number of thiazole rings is 1. The highest BCUT2D eigenvalue weighted by molar-refractivity contribution is 7.21. The van der Waals surface area contributed by atoms with E-state index in [-0.39, 0.29) is 10.9 Å². The summed E-state index contributed by atoms with van der Waals surface area (Å²) in [6.07, 6.45) is 0. The SMILES string of the molecule is CC(C)(C)[Si](Oc1cc(NC(=O)c2ccccc2)ccc1-c1nc2ccccc2s1)(c1ccccc1)c1ccccc1. The van der Waals surface area contributed by atoms with E-state index in [1.54, 1.807) is 11.3 Å². The van der Waals surface area contributed by atoms with Gasteiger partial charge in [-0.25, -0.2) is 4.98 Å². The van der Waals surface area contributed by atoms with Gasteiger partial charge in [-0.2, -0.15) is 0 Å². The average molecular weight is 585 g/mol. The van der Waals surface area contributed by atoms with Crippen molar-refractivity contribution in [2.75, 3.05) is 5.32 Å². The number of fused-ring (bicyclic) bond motifs is 1. The van der Waals surface area contributed by atoms with Crippen molar-refractivity contribution in [1.29, 1.82) is 0 Å². The molecule has 0 aliphatic rings. The van der Waals surface area contributed by atoms with Crippen molar-refractivity contribution in [3.05, 3.63) is 139 Å². The summed E-state index contributed by atoms with van der Waals surface area (Å²) in [6, 6.07) is 44.5. The zero-order chi connectivity index (χ0) is 29.2. The largest absolute Gasteiger partial charge is 0.533 e. The fourth-order valence-corrected chi connectivity index (χ4v) is 10.9. The molecule has 208 valence electrons. The second kappa shape index (κ2) is 11.4. The molecule has 0 saturated carbocycles. The minimum absolute atomic E-state index is 0.167. The van der Waals surface area contributed by atoms with Crippen LogP contribution in [0.2, 0.25) is 5.04 Å². The number of hydrogen-bond acceptors (Lipinski definition) is 4. The molecule has 5 aromatic carbocycles. The van der Waals surface area contributed by atoms with Crippen molar-refractivity contribution < 1.29 is 9.22 Å². The first kappa shape index (κ1) is 27.6. The van der Waals surface area contributed by atoms with Crippen LogP contribution in [0.3, 0.4) is 0 Å². The summed E-state index contributed by atoms with van der Waals surface area (Å²) >= 11 is 1.64. The smallest absolute Gasteiger partial charge is 0.319 e. The van der Waals surface area contributed by atoms with Gasteiger partial charge in [0.25, 0.3) is 5.91 Å².